The van der Waals surface area contributed by atoms with Crippen molar-refractivity contribution in [1.29, 1.82) is 5.26 Å². The van der Waals surface area contributed by atoms with Crippen molar-refractivity contribution in [2.24, 2.45) is 0 Å². The Labute approximate surface area is 200 Å². The van der Waals surface area contributed by atoms with Crippen LogP contribution in [0.15, 0.2) is 51.7 Å². The molecule has 0 fully saturated rings. The molecule has 0 unspecified atom stereocenters. The minimum atomic E-state index is -0.657. The third kappa shape index (κ3) is 3.93. The number of aromatic hydroxyl groups is 1. The molecule has 8 heteroatoms. The summed E-state index contributed by atoms with van der Waals surface area (Å²) >= 11 is 6.08. The van der Waals surface area contributed by atoms with Crippen LogP contribution in [-0.2, 0) is 13.0 Å². The SMILES string of the molecule is COc1ccc(CCn2c(O)c(C(=O)c3oc4ccc(Cl)cc4c3C)c(C)c(C#N)c2=O)cc1. The highest BCUT2D eigenvalue weighted by Crippen LogP contribution is 2.32. The lowest BCUT2D eigenvalue weighted by molar-refractivity contribution is 0.101. The number of carbonyl (C=O) groups is 1. The fourth-order valence-corrected chi connectivity index (χ4v) is 4.16. The second-order valence-electron chi connectivity index (χ2n) is 7.89. The molecule has 0 aliphatic heterocycles. The average Bonchev–Trinajstić information content (AvgIpc) is 3.15. The van der Waals surface area contributed by atoms with Crippen molar-refractivity contribution < 1.29 is 19.1 Å². The van der Waals surface area contributed by atoms with E-state index in [0.29, 0.717) is 33.7 Å². The molecule has 34 heavy (non-hydrogen) atoms. The summed E-state index contributed by atoms with van der Waals surface area (Å²) in [6.07, 6.45) is 0.390. The number of nitrogens with zero attached hydrogens (tertiary/aromatic N) is 2. The van der Waals surface area contributed by atoms with E-state index in [0.717, 1.165) is 10.1 Å². The lowest BCUT2D eigenvalue weighted by Crippen LogP contribution is -2.27. The molecular formula is C26H21ClN2O5. The van der Waals surface area contributed by atoms with Crippen LogP contribution in [0.1, 0.15) is 38.4 Å². The van der Waals surface area contributed by atoms with Crippen LogP contribution in [0.3, 0.4) is 0 Å². The lowest BCUT2D eigenvalue weighted by Gasteiger charge is -2.15. The van der Waals surface area contributed by atoms with E-state index in [2.05, 4.69) is 0 Å². The summed E-state index contributed by atoms with van der Waals surface area (Å²) in [6.45, 7) is 3.25. The van der Waals surface area contributed by atoms with Crippen molar-refractivity contribution in [3.63, 3.8) is 0 Å². The van der Waals surface area contributed by atoms with Crippen molar-refractivity contribution >= 4 is 28.4 Å². The Morgan fingerprint density at radius 1 is 1.18 bits per heavy atom. The number of hydrogen-bond acceptors (Lipinski definition) is 6. The van der Waals surface area contributed by atoms with Gasteiger partial charge in [-0.05, 0) is 61.7 Å². The first-order valence-electron chi connectivity index (χ1n) is 10.5. The van der Waals surface area contributed by atoms with E-state index in [1.54, 1.807) is 44.4 Å². The largest absolute Gasteiger partial charge is 0.497 e. The average molecular weight is 477 g/mol. The summed E-state index contributed by atoms with van der Waals surface area (Å²) in [6, 6.07) is 14.1. The van der Waals surface area contributed by atoms with Gasteiger partial charge in [0.05, 0.1) is 12.7 Å². The molecule has 1 N–H and O–H groups in total. The molecule has 0 aliphatic carbocycles. The number of fused-ring (bicyclic) bond motifs is 1. The number of furan rings is 1. The fourth-order valence-electron chi connectivity index (χ4n) is 3.99. The first-order valence-corrected chi connectivity index (χ1v) is 10.9. The Morgan fingerprint density at radius 3 is 2.53 bits per heavy atom. The third-order valence-corrected chi connectivity index (χ3v) is 6.15. The van der Waals surface area contributed by atoms with Crippen molar-refractivity contribution in [1.82, 2.24) is 4.57 Å². The number of rotatable bonds is 6. The van der Waals surface area contributed by atoms with Crippen LogP contribution in [0.4, 0.5) is 0 Å². The zero-order chi connectivity index (χ0) is 24.6. The van der Waals surface area contributed by atoms with Crippen LogP contribution in [0.5, 0.6) is 11.6 Å². The Kier molecular flexibility index (Phi) is 6.18. The Balaban J connectivity index is 1.80. The van der Waals surface area contributed by atoms with Crippen molar-refractivity contribution in [3.8, 4) is 17.7 Å². The smallest absolute Gasteiger partial charge is 0.271 e. The van der Waals surface area contributed by atoms with Crippen LogP contribution in [0.2, 0.25) is 5.02 Å². The standard InChI is InChI=1S/C26H21ClN2O5/c1-14-20(13-28)25(31)29(11-10-16-4-7-18(33-3)8-5-16)26(32)22(14)23(30)24-15(2)19-12-17(27)6-9-21(19)34-24/h4-9,12,32H,10-11H2,1-3H3. The van der Waals surface area contributed by atoms with Gasteiger partial charge < -0.3 is 14.3 Å². The number of hydrogen-bond donors (Lipinski definition) is 1. The summed E-state index contributed by atoms with van der Waals surface area (Å²) in [7, 11) is 1.57. The molecule has 0 bridgehead atoms. The number of aromatic nitrogens is 1. The summed E-state index contributed by atoms with van der Waals surface area (Å²) in [5.41, 5.74) is 1.02. The van der Waals surface area contributed by atoms with E-state index in [1.807, 2.05) is 18.2 Å². The zero-order valence-corrected chi connectivity index (χ0v) is 19.6. The number of benzene rings is 2. The van der Waals surface area contributed by atoms with Crippen LogP contribution < -0.4 is 10.3 Å². The number of ketones is 1. The quantitative estimate of drug-likeness (QED) is 0.396. The maximum absolute atomic E-state index is 13.5. The van der Waals surface area contributed by atoms with E-state index in [4.69, 9.17) is 20.8 Å². The van der Waals surface area contributed by atoms with Gasteiger partial charge in [-0.2, -0.15) is 5.26 Å². The number of methoxy groups -OCH3 is 1. The van der Waals surface area contributed by atoms with E-state index in [9.17, 15) is 20.0 Å². The first-order chi connectivity index (χ1) is 16.3. The van der Waals surface area contributed by atoms with Crippen molar-refractivity contribution in [3.05, 3.63) is 91.4 Å². The molecule has 2 heterocycles. The molecule has 2 aromatic carbocycles. The summed E-state index contributed by atoms with van der Waals surface area (Å²) < 4.78 is 12.0. The number of nitriles is 1. The molecule has 0 spiro atoms. The normalized spacial score (nSPS) is 10.9. The molecule has 0 aliphatic rings. The monoisotopic (exact) mass is 476 g/mol. The predicted molar refractivity (Wildman–Crippen MR) is 128 cm³/mol. The number of halogens is 1. The van der Waals surface area contributed by atoms with Gasteiger partial charge in [0.15, 0.2) is 5.76 Å². The van der Waals surface area contributed by atoms with E-state index in [-0.39, 0.29) is 29.0 Å². The fraction of sp³-hybridized carbons (Fsp3) is 0.192. The molecule has 0 radical (unpaired) electrons. The molecule has 4 aromatic rings. The highest BCUT2D eigenvalue weighted by Gasteiger charge is 2.28. The van der Waals surface area contributed by atoms with Crippen LogP contribution >= 0.6 is 11.6 Å². The van der Waals surface area contributed by atoms with Crippen LogP contribution in [0, 0.1) is 25.2 Å². The van der Waals surface area contributed by atoms with E-state index >= 15 is 0 Å². The zero-order valence-electron chi connectivity index (χ0n) is 18.8. The number of aryl methyl sites for hydroxylation is 2. The second kappa shape index (κ2) is 9.08. The van der Waals surface area contributed by atoms with Gasteiger partial charge in [0.1, 0.15) is 23.0 Å². The van der Waals surface area contributed by atoms with E-state index < -0.39 is 17.2 Å². The summed E-state index contributed by atoms with van der Waals surface area (Å²) in [5, 5.41) is 21.8. The third-order valence-electron chi connectivity index (χ3n) is 5.91. The van der Waals surface area contributed by atoms with Gasteiger partial charge in [-0.1, -0.05) is 23.7 Å². The Hall–Kier alpha value is -4.02. The molecule has 0 amide bonds. The van der Waals surface area contributed by atoms with Gasteiger partial charge in [0, 0.05) is 22.5 Å². The summed E-state index contributed by atoms with van der Waals surface area (Å²) in [4.78, 5) is 26.4. The van der Waals surface area contributed by atoms with Crippen molar-refractivity contribution in [2.45, 2.75) is 26.8 Å². The Bertz CT molecular complexity index is 1520. The maximum atomic E-state index is 13.5. The Morgan fingerprint density at radius 2 is 1.88 bits per heavy atom. The molecule has 172 valence electrons. The second-order valence-corrected chi connectivity index (χ2v) is 8.33. The molecule has 0 saturated heterocycles. The molecule has 2 aromatic heterocycles. The highest BCUT2D eigenvalue weighted by atomic mass is 35.5. The first kappa shape index (κ1) is 23.1. The van der Waals surface area contributed by atoms with Crippen LogP contribution in [0.25, 0.3) is 11.0 Å². The maximum Gasteiger partial charge on any atom is 0.271 e. The topological polar surface area (TPSA) is 105 Å². The molecule has 4 rings (SSSR count). The van der Waals surface area contributed by atoms with Gasteiger partial charge in [0.25, 0.3) is 5.56 Å². The minimum absolute atomic E-state index is 0.0138. The summed E-state index contributed by atoms with van der Waals surface area (Å²) in [5.74, 6) is -0.409. The predicted octanol–water partition coefficient (Wildman–Crippen LogP) is 4.92. The minimum Gasteiger partial charge on any atom is -0.497 e. The molecule has 0 atom stereocenters. The number of pyridine rings is 1. The van der Waals surface area contributed by atoms with Gasteiger partial charge in [-0.3, -0.25) is 14.2 Å². The number of ether oxygens (including phenoxy) is 1. The van der Waals surface area contributed by atoms with E-state index in [1.165, 1.54) is 6.92 Å². The van der Waals surface area contributed by atoms with Crippen molar-refractivity contribution in [2.75, 3.05) is 7.11 Å². The molecular weight excluding hydrogens is 456 g/mol. The lowest BCUT2D eigenvalue weighted by atomic mass is 9.98. The number of carbonyl (C=O) groups excluding carboxylic acids is 1. The van der Waals surface area contributed by atoms with Gasteiger partial charge >= 0.3 is 0 Å². The van der Waals surface area contributed by atoms with Gasteiger partial charge in [-0.25, -0.2) is 0 Å². The van der Waals surface area contributed by atoms with Gasteiger partial charge in [-0.15, -0.1) is 0 Å². The van der Waals surface area contributed by atoms with Crippen LogP contribution in [-0.4, -0.2) is 22.6 Å². The molecule has 7 nitrogen and oxygen atoms in total. The molecule has 0 saturated carbocycles. The highest BCUT2D eigenvalue weighted by molar-refractivity contribution is 6.31. The van der Waals surface area contributed by atoms with Gasteiger partial charge in [0.2, 0.25) is 11.7 Å².